The summed E-state index contributed by atoms with van der Waals surface area (Å²) in [6, 6.07) is 50.7. The van der Waals surface area contributed by atoms with Crippen molar-refractivity contribution in [3.05, 3.63) is 152 Å². The molecular weight excluding hydrogens is 507 g/mol. The molecule has 5 aromatic rings. The van der Waals surface area contributed by atoms with E-state index in [4.69, 9.17) is 15.8 Å². The van der Waals surface area contributed by atoms with Gasteiger partial charge in [0.1, 0.15) is 0 Å². The van der Waals surface area contributed by atoms with Crippen LogP contribution in [0, 0.1) is 0 Å². The Bertz CT molecular complexity index is 893. The maximum atomic E-state index is 6.09. The molecule has 1 nitrogen and oxygen atoms in total. The van der Waals surface area contributed by atoms with Crippen LogP contribution >= 0.6 is 11.9 Å². The fraction of sp³-hybridized carbons (Fsp3) is 0. The first kappa shape index (κ1) is 26.0. The number of halogens is 1. The van der Waals surface area contributed by atoms with Gasteiger partial charge >= 0.3 is 34.5 Å². The molecule has 0 aromatic heterocycles. The molecule has 0 aliphatic carbocycles. The second-order valence-corrected chi connectivity index (χ2v) is 10.5. The van der Waals surface area contributed by atoms with Crippen molar-refractivity contribution in [1.29, 1.82) is 0 Å². The first-order chi connectivity index (χ1) is 15.4. The van der Waals surface area contributed by atoms with Gasteiger partial charge in [0.05, 0.1) is 0 Å². The molecule has 0 radical (unpaired) electrons. The Balaban J connectivity index is 0.000000271. The van der Waals surface area contributed by atoms with E-state index in [0.717, 1.165) is 15.6 Å². The Morgan fingerprint density at radius 2 is 0.750 bits per heavy atom. The molecule has 5 aromatic carbocycles. The van der Waals surface area contributed by atoms with Gasteiger partial charge in [-0.2, -0.15) is 36.4 Å². The van der Waals surface area contributed by atoms with Crippen LogP contribution in [0.5, 0.6) is 0 Å². The molecule has 0 saturated carbocycles. The average Bonchev–Trinajstić information content (AvgIpc) is 3.62. The van der Waals surface area contributed by atoms with Gasteiger partial charge in [0, 0.05) is 11.9 Å². The summed E-state index contributed by atoms with van der Waals surface area (Å²) in [5.74, 6) is 0. The molecule has 0 aliphatic rings. The maximum absolute atomic E-state index is 6.09. The third-order valence-corrected chi connectivity index (χ3v) is 9.13. The van der Waals surface area contributed by atoms with Crippen LogP contribution < -0.4 is 15.6 Å². The summed E-state index contributed by atoms with van der Waals surface area (Å²) in [7, 11) is -2.63. The molecular formula is C28H25ClOSiZr. The van der Waals surface area contributed by atoms with Crippen molar-refractivity contribution in [3.63, 3.8) is 0 Å². The Hall–Kier alpha value is -2.29. The molecule has 32 heavy (non-hydrogen) atoms. The molecule has 158 valence electrons. The van der Waals surface area contributed by atoms with Crippen LogP contribution in [0.25, 0.3) is 0 Å². The summed E-state index contributed by atoms with van der Waals surface area (Å²) in [6.45, 7) is 0. The van der Waals surface area contributed by atoms with Crippen molar-refractivity contribution in [2.45, 2.75) is 0 Å². The van der Waals surface area contributed by atoms with Gasteiger partial charge in [-0.05, 0) is 15.6 Å². The molecule has 4 heteroatoms. The molecule has 0 N–H and O–H groups in total. The molecule has 0 bridgehead atoms. The zero-order chi connectivity index (χ0) is 21.6. The molecule has 0 aliphatic heterocycles. The number of hydrogen-bond donors (Lipinski definition) is 0. The Morgan fingerprint density at radius 3 is 0.938 bits per heavy atom. The van der Waals surface area contributed by atoms with Gasteiger partial charge in [0.25, 0.3) is 0 Å². The van der Waals surface area contributed by atoms with Gasteiger partial charge in [-0.25, -0.2) is 24.3 Å². The SMILES string of the molecule is ClO[Si](c1ccccc1)(c1ccccc1)c1ccccc1.[Zr+2].c1cc[cH-]c1.c1cc[cH-]c1. The van der Waals surface area contributed by atoms with E-state index in [2.05, 4.69) is 36.4 Å². The van der Waals surface area contributed by atoms with Crippen molar-refractivity contribution in [3.8, 4) is 0 Å². The van der Waals surface area contributed by atoms with Crippen LogP contribution in [-0.2, 0) is 30.2 Å². The van der Waals surface area contributed by atoms with Gasteiger partial charge < -0.3 is 3.98 Å². The largest absolute Gasteiger partial charge is 2.00 e. The van der Waals surface area contributed by atoms with Gasteiger partial charge in [0.15, 0.2) is 0 Å². The van der Waals surface area contributed by atoms with E-state index in [1.807, 2.05) is 115 Å². The Morgan fingerprint density at radius 1 is 0.469 bits per heavy atom. The molecule has 5 rings (SSSR count). The minimum atomic E-state index is -2.63. The van der Waals surface area contributed by atoms with E-state index >= 15 is 0 Å². The smallest absolute Gasteiger partial charge is 0.308 e. The van der Waals surface area contributed by atoms with E-state index in [0.29, 0.717) is 0 Å². The number of hydrogen-bond acceptors (Lipinski definition) is 1. The summed E-state index contributed by atoms with van der Waals surface area (Å²) in [6.07, 6.45) is 0. The zero-order valence-electron chi connectivity index (χ0n) is 17.7. The standard InChI is InChI=1S/C18H15ClOSi.2C5H5.Zr/c19-20-21(16-10-4-1-5-11-16,17-12-6-2-7-13-17)18-14-8-3-9-15-18;2*1-2-4-5-3-1;/h1-15H;2*1-5H;/q;2*-1;+2. The maximum Gasteiger partial charge on any atom is 2.00 e. The molecule has 0 unspecified atom stereocenters. The van der Waals surface area contributed by atoms with E-state index in [1.54, 1.807) is 0 Å². The monoisotopic (exact) mass is 530 g/mol. The quantitative estimate of drug-likeness (QED) is 0.166. The first-order valence-electron chi connectivity index (χ1n) is 10.2. The van der Waals surface area contributed by atoms with Crippen molar-refractivity contribution in [2.24, 2.45) is 0 Å². The minimum absolute atomic E-state index is 0. The van der Waals surface area contributed by atoms with Crippen LogP contribution in [0.4, 0.5) is 0 Å². The molecule has 0 spiro atoms. The third kappa shape index (κ3) is 7.12. The normalized spacial score (nSPS) is 9.91. The fourth-order valence-electron chi connectivity index (χ4n) is 3.29. The van der Waals surface area contributed by atoms with Crippen molar-refractivity contribution >= 4 is 35.7 Å². The van der Waals surface area contributed by atoms with Crippen molar-refractivity contribution < 1.29 is 30.2 Å². The van der Waals surface area contributed by atoms with Gasteiger partial charge in [0.2, 0.25) is 0 Å². The third-order valence-electron chi connectivity index (χ3n) is 4.77. The van der Waals surface area contributed by atoms with Crippen LogP contribution in [-0.4, -0.2) is 8.32 Å². The van der Waals surface area contributed by atoms with Crippen LogP contribution in [0.1, 0.15) is 0 Å². The van der Waals surface area contributed by atoms with E-state index in [9.17, 15) is 0 Å². The summed E-state index contributed by atoms with van der Waals surface area (Å²) in [5.41, 5.74) is 0. The molecule has 0 amide bonds. The average molecular weight is 532 g/mol. The van der Waals surface area contributed by atoms with Crippen LogP contribution in [0.15, 0.2) is 152 Å². The number of rotatable bonds is 4. The summed E-state index contributed by atoms with van der Waals surface area (Å²) < 4.78 is 5.71. The molecule has 0 fully saturated rings. The predicted octanol–water partition coefficient (Wildman–Crippen LogP) is 5.63. The summed E-state index contributed by atoms with van der Waals surface area (Å²) >= 11 is 6.09. The van der Waals surface area contributed by atoms with E-state index in [1.165, 1.54) is 0 Å². The van der Waals surface area contributed by atoms with Crippen LogP contribution in [0.3, 0.4) is 0 Å². The molecule has 0 atom stereocenters. The molecule has 0 heterocycles. The van der Waals surface area contributed by atoms with E-state index in [-0.39, 0.29) is 26.2 Å². The second kappa shape index (κ2) is 14.7. The first-order valence-corrected chi connectivity index (χ1v) is 12.4. The summed E-state index contributed by atoms with van der Waals surface area (Å²) in [4.78, 5) is 0. The number of benzene rings is 3. The van der Waals surface area contributed by atoms with Gasteiger partial charge in [-0.3, -0.25) is 0 Å². The predicted molar refractivity (Wildman–Crippen MR) is 135 cm³/mol. The zero-order valence-corrected chi connectivity index (χ0v) is 21.9. The summed E-state index contributed by atoms with van der Waals surface area (Å²) in [5, 5.41) is 3.41. The topological polar surface area (TPSA) is 9.23 Å². The fourth-order valence-corrected chi connectivity index (χ4v) is 7.35. The Kier molecular flexibility index (Phi) is 11.9. The second-order valence-electron chi connectivity index (χ2n) is 6.78. The van der Waals surface area contributed by atoms with E-state index < -0.39 is 8.32 Å². The Labute approximate surface area is 216 Å². The van der Waals surface area contributed by atoms with Gasteiger partial charge in [-0.1, -0.05) is 91.0 Å². The molecule has 0 saturated heterocycles. The van der Waals surface area contributed by atoms with Crippen molar-refractivity contribution in [1.82, 2.24) is 0 Å². The van der Waals surface area contributed by atoms with Gasteiger partial charge in [-0.15, -0.1) is 0 Å². The minimum Gasteiger partial charge on any atom is -0.308 e. The van der Waals surface area contributed by atoms with Crippen LogP contribution in [0.2, 0.25) is 0 Å². The van der Waals surface area contributed by atoms with Crippen molar-refractivity contribution in [2.75, 3.05) is 0 Å².